The van der Waals surface area contributed by atoms with Crippen LogP contribution in [0, 0.1) is 0 Å². The Bertz CT molecular complexity index is 886. The summed E-state index contributed by atoms with van der Waals surface area (Å²) in [7, 11) is 1.62. The smallest absolute Gasteiger partial charge is 0.315 e. The predicted molar refractivity (Wildman–Crippen MR) is 85.6 cm³/mol. The summed E-state index contributed by atoms with van der Waals surface area (Å²) in [5.41, 5.74) is 0.482. The number of hydrogen-bond donors (Lipinski definition) is 1. The van der Waals surface area contributed by atoms with E-state index < -0.39 is 23.2 Å². The zero-order chi connectivity index (χ0) is 18.4. The maximum atomic E-state index is 12.5. The highest BCUT2D eigenvalue weighted by Crippen LogP contribution is 2.32. The van der Waals surface area contributed by atoms with Crippen LogP contribution >= 0.6 is 0 Å². The van der Waals surface area contributed by atoms with Gasteiger partial charge in [-0.25, -0.2) is 4.98 Å². The van der Waals surface area contributed by atoms with Gasteiger partial charge < -0.3 is 9.88 Å². The minimum atomic E-state index is -4.50. The molecular formula is C17H16F3N3O2. The first kappa shape index (κ1) is 17.2. The number of hydrogen-bond acceptors (Lipinski definition) is 3. The molecule has 0 unspecified atom stereocenters. The molecule has 8 heteroatoms. The van der Waals surface area contributed by atoms with E-state index in [1.807, 2.05) is 6.92 Å². The van der Waals surface area contributed by atoms with E-state index in [9.17, 15) is 22.8 Å². The Hall–Kier alpha value is -2.64. The Morgan fingerprint density at radius 2 is 2.08 bits per heavy atom. The summed E-state index contributed by atoms with van der Waals surface area (Å²) in [6.45, 7) is 2.02. The Labute approximate surface area is 141 Å². The number of carbonyl (C=O) groups is 1. The molecule has 1 aliphatic rings. The van der Waals surface area contributed by atoms with E-state index in [4.69, 9.17) is 0 Å². The number of amides is 1. The standard InChI is InChI=1S/C17H16F3N3O2/c1-9-3-5-13-11(9)7-12(16(25)23(13)2)15(24)22-14-6-4-10(8-21-14)17(18,19)20/h4,6-9H,3,5H2,1-2H3,(H,21,22,24)/t9-/m0/s1. The number of halogens is 3. The van der Waals surface area contributed by atoms with Crippen molar-refractivity contribution in [3.8, 4) is 0 Å². The van der Waals surface area contributed by atoms with Crippen LogP contribution in [0.15, 0.2) is 29.2 Å². The van der Waals surface area contributed by atoms with Crippen LogP contribution in [0.25, 0.3) is 0 Å². The summed E-state index contributed by atoms with van der Waals surface area (Å²) in [5, 5.41) is 2.38. The molecule has 2 aromatic rings. The zero-order valence-corrected chi connectivity index (χ0v) is 13.6. The monoisotopic (exact) mass is 351 g/mol. The first-order chi connectivity index (χ1) is 11.7. The highest BCUT2D eigenvalue weighted by atomic mass is 19.4. The highest BCUT2D eigenvalue weighted by Gasteiger charge is 2.31. The third-order valence-corrected chi connectivity index (χ3v) is 4.50. The second kappa shape index (κ2) is 6.02. The van der Waals surface area contributed by atoms with Crippen LogP contribution in [0.1, 0.15) is 46.4 Å². The molecule has 132 valence electrons. The molecule has 1 atom stereocenters. The predicted octanol–water partition coefficient (Wildman–Crippen LogP) is 3.10. The van der Waals surface area contributed by atoms with E-state index in [1.165, 1.54) is 4.57 Å². The lowest BCUT2D eigenvalue weighted by Crippen LogP contribution is -2.30. The molecule has 3 rings (SSSR count). The van der Waals surface area contributed by atoms with Crippen LogP contribution in [-0.2, 0) is 19.6 Å². The third kappa shape index (κ3) is 3.16. The molecule has 2 aromatic heterocycles. The molecule has 5 nitrogen and oxygen atoms in total. The molecule has 2 heterocycles. The lowest BCUT2D eigenvalue weighted by Gasteiger charge is -2.12. The first-order valence-electron chi connectivity index (χ1n) is 7.76. The van der Waals surface area contributed by atoms with E-state index in [2.05, 4.69) is 10.3 Å². The lowest BCUT2D eigenvalue weighted by molar-refractivity contribution is -0.137. The molecule has 0 aromatic carbocycles. The largest absolute Gasteiger partial charge is 0.417 e. The van der Waals surface area contributed by atoms with Crippen molar-refractivity contribution < 1.29 is 18.0 Å². The van der Waals surface area contributed by atoms with Crippen molar-refractivity contribution in [1.29, 1.82) is 0 Å². The molecule has 0 spiro atoms. The van der Waals surface area contributed by atoms with Gasteiger partial charge in [0.1, 0.15) is 11.4 Å². The molecule has 1 amide bonds. The SMILES string of the molecule is C[C@H]1CCc2c1cc(C(=O)Nc1ccc(C(F)(F)F)cn1)c(=O)n2C. The zero-order valence-electron chi connectivity index (χ0n) is 13.6. The average Bonchev–Trinajstić information content (AvgIpc) is 2.91. The number of aromatic nitrogens is 2. The fourth-order valence-corrected chi connectivity index (χ4v) is 3.03. The minimum Gasteiger partial charge on any atom is -0.315 e. The maximum absolute atomic E-state index is 12.5. The maximum Gasteiger partial charge on any atom is 0.417 e. The van der Waals surface area contributed by atoms with Gasteiger partial charge in [0.25, 0.3) is 11.5 Å². The number of fused-ring (bicyclic) bond motifs is 1. The molecule has 1 N–H and O–H groups in total. The number of anilines is 1. The molecule has 0 fully saturated rings. The Morgan fingerprint density at radius 1 is 1.36 bits per heavy atom. The van der Waals surface area contributed by atoms with Gasteiger partial charge in [0.05, 0.1) is 5.56 Å². The van der Waals surface area contributed by atoms with Crippen molar-refractivity contribution in [2.24, 2.45) is 7.05 Å². The highest BCUT2D eigenvalue weighted by molar-refractivity contribution is 6.03. The number of alkyl halides is 3. The summed E-state index contributed by atoms with van der Waals surface area (Å²) in [6.07, 6.45) is -2.17. The van der Waals surface area contributed by atoms with Crippen LogP contribution in [0.3, 0.4) is 0 Å². The molecule has 0 saturated heterocycles. The Morgan fingerprint density at radius 3 is 2.68 bits per heavy atom. The van der Waals surface area contributed by atoms with Crippen molar-refractivity contribution in [2.75, 3.05) is 5.32 Å². The van der Waals surface area contributed by atoms with E-state index >= 15 is 0 Å². The van der Waals surface area contributed by atoms with Gasteiger partial charge in [-0.1, -0.05) is 6.92 Å². The molecule has 1 aliphatic carbocycles. The molecule has 0 aliphatic heterocycles. The fraction of sp³-hybridized carbons (Fsp3) is 0.353. The lowest BCUT2D eigenvalue weighted by atomic mass is 10.0. The Balaban J connectivity index is 1.88. The van der Waals surface area contributed by atoms with Crippen molar-refractivity contribution in [3.63, 3.8) is 0 Å². The number of pyridine rings is 2. The van der Waals surface area contributed by atoms with E-state index in [1.54, 1.807) is 13.1 Å². The summed E-state index contributed by atoms with van der Waals surface area (Å²) >= 11 is 0. The molecule has 0 radical (unpaired) electrons. The topological polar surface area (TPSA) is 64.0 Å². The van der Waals surface area contributed by atoms with Crippen molar-refractivity contribution in [2.45, 2.75) is 31.9 Å². The second-order valence-corrected chi connectivity index (χ2v) is 6.15. The van der Waals surface area contributed by atoms with Crippen LogP contribution in [0.5, 0.6) is 0 Å². The normalized spacial score (nSPS) is 16.6. The molecule has 25 heavy (non-hydrogen) atoms. The second-order valence-electron chi connectivity index (χ2n) is 6.15. The van der Waals surface area contributed by atoms with Crippen molar-refractivity contribution >= 4 is 11.7 Å². The molecule has 0 saturated carbocycles. The van der Waals surface area contributed by atoms with Crippen molar-refractivity contribution in [1.82, 2.24) is 9.55 Å². The molecule has 0 bridgehead atoms. The van der Waals surface area contributed by atoms with Gasteiger partial charge in [-0.15, -0.1) is 0 Å². The summed E-state index contributed by atoms with van der Waals surface area (Å²) in [5.74, 6) is -0.485. The number of nitrogens with one attached hydrogen (secondary N) is 1. The van der Waals surface area contributed by atoms with Gasteiger partial charge >= 0.3 is 6.18 Å². The van der Waals surface area contributed by atoms with E-state index in [0.29, 0.717) is 6.20 Å². The van der Waals surface area contributed by atoms with Crippen molar-refractivity contribution in [3.05, 3.63) is 57.1 Å². The average molecular weight is 351 g/mol. The Kier molecular flexibility index (Phi) is 4.14. The first-order valence-corrected chi connectivity index (χ1v) is 7.76. The fourth-order valence-electron chi connectivity index (χ4n) is 3.03. The van der Waals surface area contributed by atoms with Gasteiger partial charge in [-0.05, 0) is 42.5 Å². The van der Waals surface area contributed by atoms with E-state index in [0.717, 1.165) is 36.2 Å². The van der Waals surface area contributed by atoms with Gasteiger partial charge in [0.2, 0.25) is 0 Å². The summed E-state index contributed by atoms with van der Waals surface area (Å²) in [4.78, 5) is 28.4. The van der Waals surface area contributed by atoms with E-state index in [-0.39, 0.29) is 17.3 Å². The van der Waals surface area contributed by atoms with Crippen LogP contribution in [-0.4, -0.2) is 15.5 Å². The summed E-state index contributed by atoms with van der Waals surface area (Å²) < 4.78 is 39.1. The molecular weight excluding hydrogens is 335 g/mol. The summed E-state index contributed by atoms with van der Waals surface area (Å²) in [6, 6.07) is 3.46. The minimum absolute atomic E-state index is 0.0447. The quantitative estimate of drug-likeness (QED) is 0.904. The third-order valence-electron chi connectivity index (χ3n) is 4.50. The van der Waals surface area contributed by atoms with Crippen LogP contribution < -0.4 is 10.9 Å². The van der Waals surface area contributed by atoms with Gasteiger partial charge in [0.15, 0.2) is 0 Å². The van der Waals surface area contributed by atoms with Crippen LogP contribution in [0.4, 0.5) is 19.0 Å². The van der Waals surface area contributed by atoms with Gasteiger partial charge in [-0.3, -0.25) is 9.59 Å². The number of carbonyl (C=O) groups excluding carboxylic acids is 1. The van der Waals surface area contributed by atoms with Gasteiger partial charge in [-0.2, -0.15) is 13.2 Å². The van der Waals surface area contributed by atoms with Gasteiger partial charge in [0, 0.05) is 18.9 Å². The van der Waals surface area contributed by atoms with Crippen LogP contribution in [0.2, 0.25) is 0 Å². The number of rotatable bonds is 2. The number of nitrogens with zero attached hydrogens (tertiary/aromatic N) is 2.